The molecule has 0 N–H and O–H groups in total. The van der Waals surface area contributed by atoms with Crippen molar-refractivity contribution in [1.82, 2.24) is 24.6 Å². The molecule has 1 unspecified atom stereocenters. The fourth-order valence-corrected chi connectivity index (χ4v) is 6.89. The molecule has 4 aliphatic heterocycles. The van der Waals surface area contributed by atoms with Gasteiger partial charge in [-0.1, -0.05) is 17.7 Å². The molecule has 5 aliphatic rings. The van der Waals surface area contributed by atoms with Crippen molar-refractivity contribution in [3.63, 3.8) is 0 Å². The SMILES string of the molecule is CN1[C@H](c2ncccc2Cl)CCC[C@@H]1C1(C)CN2C(N3CCN(C)C4(CC4)C3)=CC=CC2=N1. The summed E-state index contributed by atoms with van der Waals surface area (Å²) in [6.07, 6.45) is 14.6. The lowest BCUT2D eigenvalue weighted by Gasteiger charge is -2.47. The van der Waals surface area contributed by atoms with Gasteiger partial charge >= 0.3 is 0 Å². The highest BCUT2D eigenvalue weighted by Crippen LogP contribution is 2.46. The number of rotatable bonds is 3. The van der Waals surface area contributed by atoms with E-state index in [1.807, 2.05) is 18.3 Å². The first-order valence-corrected chi connectivity index (χ1v) is 12.8. The number of piperidine rings is 1. The van der Waals surface area contributed by atoms with Gasteiger partial charge in [-0.15, -0.1) is 0 Å². The Morgan fingerprint density at radius 2 is 1.97 bits per heavy atom. The molecule has 1 aromatic heterocycles. The number of likely N-dealkylation sites (N-methyl/N-ethyl adjacent to an activating group) is 2. The van der Waals surface area contributed by atoms with Crippen LogP contribution < -0.4 is 0 Å². The number of aromatic nitrogens is 1. The molecule has 3 atom stereocenters. The smallest absolute Gasteiger partial charge is 0.129 e. The van der Waals surface area contributed by atoms with Gasteiger partial charge in [0, 0.05) is 37.4 Å². The summed E-state index contributed by atoms with van der Waals surface area (Å²) in [6, 6.07) is 4.47. The Labute approximate surface area is 202 Å². The third-order valence-electron chi connectivity index (χ3n) is 8.80. The minimum absolute atomic E-state index is 0.165. The Balaban J connectivity index is 1.24. The quantitative estimate of drug-likeness (QED) is 0.675. The maximum Gasteiger partial charge on any atom is 0.129 e. The summed E-state index contributed by atoms with van der Waals surface area (Å²) in [5.41, 5.74) is 1.24. The van der Waals surface area contributed by atoms with Crippen LogP contribution in [0, 0.1) is 0 Å². The third kappa shape index (κ3) is 3.53. The van der Waals surface area contributed by atoms with Gasteiger partial charge in [-0.3, -0.25) is 19.8 Å². The number of allylic oxidation sites excluding steroid dienone is 2. The van der Waals surface area contributed by atoms with Crippen LogP contribution in [0.2, 0.25) is 5.02 Å². The Bertz CT molecular complexity index is 1030. The molecule has 2 saturated heterocycles. The van der Waals surface area contributed by atoms with Crippen LogP contribution in [0.3, 0.4) is 0 Å². The van der Waals surface area contributed by atoms with Crippen molar-refractivity contribution in [2.75, 3.05) is 40.3 Å². The number of likely N-dealkylation sites (tertiary alicyclic amines) is 1. The van der Waals surface area contributed by atoms with Gasteiger partial charge in [-0.2, -0.15) is 0 Å². The normalized spacial score (nSPS) is 33.8. The van der Waals surface area contributed by atoms with E-state index in [1.54, 1.807) is 0 Å². The molecular formula is C26H35ClN6. The van der Waals surface area contributed by atoms with Gasteiger partial charge in [0.05, 0.1) is 28.8 Å². The zero-order valence-corrected chi connectivity index (χ0v) is 20.8. The van der Waals surface area contributed by atoms with Crippen molar-refractivity contribution in [2.24, 2.45) is 4.99 Å². The predicted molar refractivity (Wildman–Crippen MR) is 133 cm³/mol. The van der Waals surface area contributed by atoms with Crippen LogP contribution in [-0.2, 0) is 0 Å². The van der Waals surface area contributed by atoms with Crippen LogP contribution in [0.1, 0.15) is 50.8 Å². The first-order valence-electron chi connectivity index (χ1n) is 12.4. The summed E-state index contributed by atoms with van der Waals surface area (Å²) in [4.78, 5) is 20.2. The molecule has 1 spiro atoms. The van der Waals surface area contributed by atoms with Gasteiger partial charge in [0.15, 0.2) is 0 Å². The number of nitrogens with zero attached hydrogens (tertiary/aromatic N) is 6. The average Bonchev–Trinajstić information content (AvgIpc) is 3.48. The van der Waals surface area contributed by atoms with E-state index >= 15 is 0 Å². The molecule has 33 heavy (non-hydrogen) atoms. The number of amidine groups is 1. The van der Waals surface area contributed by atoms with Gasteiger partial charge < -0.3 is 9.80 Å². The average molecular weight is 467 g/mol. The van der Waals surface area contributed by atoms with Crippen LogP contribution in [0.4, 0.5) is 0 Å². The van der Waals surface area contributed by atoms with E-state index in [4.69, 9.17) is 16.6 Å². The zero-order valence-electron chi connectivity index (χ0n) is 20.0. The first-order chi connectivity index (χ1) is 15.9. The molecule has 0 aromatic carbocycles. The number of piperazine rings is 1. The highest BCUT2D eigenvalue weighted by atomic mass is 35.5. The van der Waals surface area contributed by atoms with Crippen LogP contribution in [-0.4, -0.2) is 87.8 Å². The summed E-state index contributed by atoms with van der Waals surface area (Å²) in [7, 11) is 4.54. The fourth-order valence-electron chi connectivity index (χ4n) is 6.64. The van der Waals surface area contributed by atoms with E-state index in [9.17, 15) is 0 Å². The minimum atomic E-state index is -0.165. The molecule has 5 heterocycles. The van der Waals surface area contributed by atoms with Crippen molar-refractivity contribution in [1.29, 1.82) is 0 Å². The molecule has 1 aliphatic carbocycles. The lowest BCUT2D eigenvalue weighted by Crippen LogP contribution is -2.57. The number of hydrogen-bond donors (Lipinski definition) is 0. The van der Waals surface area contributed by atoms with Gasteiger partial charge in [0.1, 0.15) is 11.7 Å². The monoisotopic (exact) mass is 466 g/mol. The van der Waals surface area contributed by atoms with Gasteiger partial charge in [0.25, 0.3) is 0 Å². The highest BCUT2D eigenvalue weighted by molar-refractivity contribution is 6.31. The van der Waals surface area contributed by atoms with E-state index in [0.29, 0.717) is 11.6 Å². The van der Waals surface area contributed by atoms with Crippen LogP contribution in [0.15, 0.2) is 47.4 Å². The Hall–Kier alpha value is -1.89. The standard InChI is InChI=1S/C26H35ClN6/c1-25(21-9-4-8-20(31(21)3)24-19(27)7-6-14-28-24)17-33-22(29-25)10-5-11-23(33)32-16-15-30(2)26(18-32)12-13-26/h5-7,10-11,14,20-21H,4,8-9,12-13,15-18H2,1-3H3/t20-,21+,25?/m0/s1. The maximum atomic E-state index is 6.56. The van der Waals surface area contributed by atoms with E-state index in [-0.39, 0.29) is 11.6 Å². The predicted octanol–water partition coefficient (Wildman–Crippen LogP) is 3.92. The van der Waals surface area contributed by atoms with Crippen molar-refractivity contribution >= 4 is 17.4 Å². The summed E-state index contributed by atoms with van der Waals surface area (Å²) < 4.78 is 0. The van der Waals surface area contributed by atoms with E-state index in [0.717, 1.165) is 55.6 Å². The topological polar surface area (TPSA) is 38.2 Å². The lowest BCUT2D eigenvalue weighted by molar-refractivity contribution is 0.0556. The second kappa shape index (κ2) is 7.82. The molecule has 3 fully saturated rings. The molecule has 0 bridgehead atoms. The van der Waals surface area contributed by atoms with Gasteiger partial charge in [-0.05, 0) is 77.4 Å². The summed E-state index contributed by atoms with van der Waals surface area (Å²) >= 11 is 6.56. The van der Waals surface area contributed by atoms with E-state index < -0.39 is 0 Å². The molecule has 7 heteroatoms. The number of aliphatic imine (C=N–C) groups is 1. The zero-order chi connectivity index (χ0) is 22.8. The fraction of sp³-hybridized carbons (Fsp3) is 0.615. The second-order valence-electron chi connectivity index (χ2n) is 10.9. The van der Waals surface area contributed by atoms with Crippen LogP contribution >= 0.6 is 11.6 Å². The summed E-state index contributed by atoms with van der Waals surface area (Å²) in [5, 5.41) is 0.771. The van der Waals surface area contributed by atoms with Crippen molar-refractivity contribution in [3.8, 4) is 0 Å². The maximum absolute atomic E-state index is 6.56. The largest absolute Gasteiger partial charge is 0.355 e. The second-order valence-corrected chi connectivity index (χ2v) is 11.3. The van der Waals surface area contributed by atoms with Gasteiger partial charge in [0.2, 0.25) is 0 Å². The molecule has 176 valence electrons. The van der Waals surface area contributed by atoms with Crippen molar-refractivity contribution in [2.45, 2.75) is 62.2 Å². The molecule has 0 radical (unpaired) electrons. The molecule has 1 aromatic rings. The Kier molecular flexibility index (Phi) is 5.13. The Morgan fingerprint density at radius 3 is 2.76 bits per heavy atom. The summed E-state index contributed by atoms with van der Waals surface area (Å²) in [6.45, 7) is 6.63. The van der Waals surface area contributed by atoms with Gasteiger partial charge in [-0.25, -0.2) is 0 Å². The number of hydrogen-bond acceptors (Lipinski definition) is 6. The molecular weight excluding hydrogens is 432 g/mol. The summed E-state index contributed by atoms with van der Waals surface area (Å²) in [5.74, 6) is 2.45. The van der Waals surface area contributed by atoms with Crippen LogP contribution in [0.25, 0.3) is 0 Å². The van der Waals surface area contributed by atoms with E-state index in [2.05, 4.69) is 63.8 Å². The highest BCUT2D eigenvalue weighted by Gasteiger charge is 2.52. The minimum Gasteiger partial charge on any atom is -0.355 e. The number of halogens is 1. The Morgan fingerprint density at radius 1 is 1.12 bits per heavy atom. The molecule has 6 nitrogen and oxygen atoms in total. The molecule has 0 amide bonds. The number of pyridine rings is 1. The third-order valence-corrected chi connectivity index (χ3v) is 9.12. The number of fused-ring (bicyclic) bond motifs is 1. The molecule has 6 rings (SSSR count). The lowest BCUT2D eigenvalue weighted by atomic mass is 9.82. The van der Waals surface area contributed by atoms with Crippen molar-refractivity contribution in [3.05, 3.63) is 53.1 Å². The van der Waals surface area contributed by atoms with E-state index in [1.165, 1.54) is 25.1 Å². The van der Waals surface area contributed by atoms with Crippen LogP contribution in [0.5, 0.6) is 0 Å². The van der Waals surface area contributed by atoms with Crippen molar-refractivity contribution < 1.29 is 0 Å². The first kappa shape index (κ1) is 21.6. The molecule has 1 saturated carbocycles.